The summed E-state index contributed by atoms with van der Waals surface area (Å²) in [5, 5.41) is 0. The first kappa shape index (κ1) is 46.3. The molecule has 0 saturated heterocycles. The number of benzene rings is 2. The minimum absolute atomic E-state index is 0.786. The molecule has 60 heavy (non-hydrogen) atoms. The van der Waals surface area contributed by atoms with Crippen molar-refractivity contribution in [2.45, 2.75) is 171 Å². The summed E-state index contributed by atoms with van der Waals surface area (Å²) in [5.74, 6) is 2.64. The van der Waals surface area contributed by atoms with Crippen LogP contribution >= 0.6 is 0 Å². The Bertz CT molecular complexity index is 2080. The van der Waals surface area contributed by atoms with Gasteiger partial charge in [0.1, 0.15) is 73.0 Å². The summed E-state index contributed by atoms with van der Waals surface area (Å²) in [7, 11) is 4.14. The van der Waals surface area contributed by atoms with Crippen LogP contribution in [0.25, 0.3) is 11.4 Å². The second kappa shape index (κ2) is 22.2. The Kier molecular flexibility index (Phi) is 17.2. The quantitative estimate of drug-likeness (QED) is 0.137. The fourth-order valence-electron chi connectivity index (χ4n) is 9.45. The zero-order valence-electron chi connectivity index (χ0n) is 39.7. The maximum absolute atomic E-state index is 2.48. The average Bonchev–Trinajstić information content (AvgIpc) is 4.04. The largest absolute Gasteiger partial charge is 0.254 e. The van der Waals surface area contributed by atoms with Crippen LogP contribution in [0.15, 0.2) is 86.5 Å². The second-order valence-electron chi connectivity index (χ2n) is 17.9. The highest BCUT2D eigenvalue weighted by Crippen LogP contribution is 2.29. The minimum Gasteiger partial charge on any atom is -0.237 e. The molecule has 324 valence electrons. The van der Waals surface area contributed by atoms with Gasteiger partial charge in [0, 0.05) is 13.8 Å². The number of imidazole rings is 4. The van der Waals surface area contributed by atoms with E-state index in [4.69, 9.17) is 0 Å². The van der Waals surface area contributed by atoms with Crippen LogP contribution in [0.2, 0.25) is 0 Å². The van der Waals surface area contributed by atoms with E-state index in [1.54, 1.807) is 0 Å². The van der Waals surface area contributed by atoms with Gasteiger partial charge >= 0.3 is 0 Å². The lowest BCUT2D eigenvalue weighted by Crippen LogP contribution is -2.38. The Balaban J connectivity index is 0.000000162. The van der Waals surface area contributed by atoms with Crippen molar-refractivity contribution in [3.63, 3.8) is 0 Å². The van der Waals surface area contributed by atoms with E-state index >= 15 is 0 Å². The highest BCUT2D eigenvalue weighted by Gasteiger charge is 2.24. The van der Waals surface area contributed by atoms with Gasteiger partial charge in [0.15, 0.2) is 0 Å². The fraction of sp³-hybridized carbons (Fsp3) is 0.538. The zero-order valence-corrected chi connectivity index (χ0v) is 39.7. The van der Waals surface area contributed by atoms with Crippen molar-refractivity contribution in [1.29, 1.82) is 0 Å². The molecule has 2 saturated carbocycles. The first-order valence-corrected chi connectivity index (χ1v) is 23.2. The minimum atomic E-state index is 0.786. The number of aryl methyl sites for hydroxylation is 10. The summed E-state index contributed by atoms with van der Waals surface area (Å²) in [4.78, 5) is 0. The van der Waals surface area contributed by atoms with E-state index < -0.39 is 0 Å². The maximum atomic E-state index is 2.48. The van der Waals surface area contributed by atoms with E-state index in [0.717, 1.165) is 25.2 Å². The Morgan fingerprint density at radius 3 is 1.60 bits per heavy atom. The summed E-state index contributed by atoms with van der Waals surface area (Å²) in [5.41, 5.74) is 10.4. The lowest BCUT2D eigenvalue weighted by Gasteiger charge is -2.20. The first-order valence-electron chi connectivity index (χ1n) is 23.2. The van der Waals surface area contributed by atoms with Crippen molar-refractivity contribution in [2.24, 2.45) is 14.1 Å². The van der Waals surface area contributed by atoms with E-state index in [1.165, 1.54) is 133 Å². The monoisotopic (exact) mass is 817 g/mol. The Hall–Kier alpha value is -4.72. The number of hydrogen-bond donors (Lipinski definition) is 0. The van der Waals surface area contributed by atoms with Crippen molar-refractivity contribution in [1.82, 2.24) is 18.3 Å². The molecule has 8 rings (SSSR count). The number of aromatic nitrogens is 8. The molecule has 0 radical (unpaired) electrons. The van der Waals surface area contributed by atoms with Gasteiger partial charge in [-0.05, 0) is 129 Å². The molecule has 2 fully saturated rings. The van der Waals surface area contributed by atoms with Crippen LogP contribution < -0.4 is 18.3 Å². The van der Waals surface area contributed by atoms with E-state index in [-0.39, 0.29) is 0 Å². The van der Waals surface area contributed by atoms with Gasteiger partial charge in [-0.15, -0.1) is 0 Å². The average molecular weight is 817 g/mol. The van der Waals surface area contributed by atoms with E-state index in [1.807, 2.05) is 0 Å². The number of hydrogen-bond acceptors (Lipinski definition) is 0. The predicted octanol–water partition coefficient (Wildman–Crippen LogP) is 10.5. The molecule has 8 nitrogen and oxygen atoms in total. The van der Waals surface area contributed by atoms with Crippen LogP contribution in [-0.2, 0) is 27.2 Å². The molecule has 0 spiro atoms. The highest BCUT2D eigenvalue weighted by molar-refractivity contribution is 5.49. The van der Waals surface area contributed by atoms with Crippen LogP contribution in [0.3, 0.4) is 0 Å². The van der Waals surface area contributed by atoms with Crippen molar-refractivity contribution < 1.29 is 18.3 Å². The standard InChI is InChI=1S/C21H25N2.C15H25N2.C9H17N2.C7H13N2/c1-14-9-16(3)20(17(4)10-14)22-7-8-23(13-22)21-18(5)11-15(2)12-19(21)6;1-3-7-14(8-4-1)16-11-12-17(13-16)15-9-5-2-6-10-15;1-4-5-6-11-8-7-10(3)9(11)2;1-4-9-6-5-8(3)7(9)2/h7-13H,1-6H3;11-15H,1-10H2;7-8H,4-6H2,1-3H3;5-6H,4H2,1-3H3/q4*+1. The smallest absolute Gasteiger partial charge is 0.237 e. The van der Waals surface area contributed by atoms with Gasteiger partial charge in [-0.3, -0.25) is 0 Å². The molecule has 0 bridgehead atoms. The van der Waals surface area contributed by atoms with Crippen molar-refractivity contribution >= 4 is 0 Å². The summed E-state index contributed by atoms with van der Waals surface area (Å²) in [6.07, 6.45) is 38.5. The Labute approximate surface area is 363 Å². The van der Waals surface area contributed by atoms with Crippen LogP contribution in [-0.4, -0.2) is 18.3 Å². The predicted molar refractivity (Wildman–Crippen MR) is 246 cm³/mol. The number of unbranched alkanes of at least 4 members (excludes halogenated alkanes) is 1. The van der Waals surface area contributed by atoms with Gasteiger partial charge in [-0.1, -0.05) is 61.6 Å². The molecule has 2 aliphatic carbocycles. The van der Waals surface area contributed by atoms with Gasteiger partial charge in [0.05, 0.1) is 27.2 Å². The normalized spacial score (nSPS) is 14.5. The van der Waals surface area contributed by atoms with Gasteiger partial charge < -0.3 is 0 Å². The molecule has 0 N–H and O–H groups in total. The van der Waals surface area contributed by atoms with Crippen LogP contribution in [0.5, 0.6) is 0 Å². The molecule has 0 atom stereocenters. The van der Waals surface area contributed by atoms with E-state index in [0.29, 0.717) is 0 Å². The molecule has 0 unspecified atom stereocenters. The van der Waals surface area contributed by atoms with Gasteiger partial charge in [-0.2, -0.15) is 0 Å². The first-order chi connectivity index (χ1) is 28.8. The number of nitrogens with zero attached hydrogens (tertiary/aromatic N) is 8. The molecule has 6 aromatic rings. The molecule has 4 aromatic heterocycles. The third-order valence-electron chi connectivity index (χ3n) is 13.0. The Morgan fingerprint density at radius 1 is 0.567 bits per heavy atom. The highest BCUT2D eigenvalue weighted by atomic mass is 15.2. The molecular formula is C52H80N8+4. The second-order valence-corrected chi connectivity index (χ2v) is 17.9. The lowest BCUT2D eigenvalue weighted by atomic mass is 9.95. The SMILES string of the molecule is CCCCn1cc[n+](C)c1C.CCn1cc[n+](C)c1C.Cc1cc(C)c(-n2cc[n+](-c3c(C)cc(C)cc3C)c2)c(C)c1.c1c[n+](C2CCCCC2)cn1C1CCCCC1. The molecular weight excluding hydrogens is 737 g/mol. The van der Waals surface area contributed by atoms with Crippen LogP contribution in [0, 0.1) is 55.4 Å². The van der Waals surface area contributed by atoms with Crippen LogP contribution in [0.4, 0.5) is 0 Å². The third kappa shape index (κ3) is 12.2. The van der Waals surface area contributed by atoms with Gasteiger partial charge in [-0.25, -0.2) is 36.5 Å². The molecule has 8 heteroatoms. The summed E-state index contributed by atoms with van der Waals surface area (Å²) in [6.45, 7) is 23.9. The van der Waals surface area contributed by atoms with Crippen molar-refractivity contribution in [2.75, 3.05) is 0 Å². The maximum Gasteiger partial charge on any atom is 0.254 e. The summed E-state index contributed by atoms with van der Waals surface area (Å²) in [6, 6.07) is 10.6. The summed E-state index contributed by atoms with van der Waals surface area (Å²) >= 11 is 0. The van der Waals surface area contributed by atoms with E-state index in [2.05, 4.69) is 206 Å². The molecule has 2 aromatic carbocycles. The molecule has 0 amide bonds. The van der Waals surface area contributed by atoms with Crippen molar-refractivity contribution in [3.05, 3.63) is 132 Å². The van der Waals surface area contributed by atoms with E-state index in [9.17, 15) is 0 Å². The summed E-state index contributed by atoms with van der Waals surface area (Å²) < 4.78 is 18.2. The number of rotatable bonds is 8. The van der Waals surface area contributed by atoms with Crippen molar-refractivity contribution in [3.8, 4) is 11.4 Å². The Morgan fingerprint density at radius 2 is 1.10 bits per heavy atom. The fourth-order valence-corrected chi connectivity index (χ4v) is 9.45. The topological polar surface area (TPSA) is 35.2 Å². The third-order valence-corrected chi connectivity index (χ3v) is 13.0. The zero-order chi connectivity index (χ0) is 43.3. The molecule has 0 aliphatic heterocycles. The molecule has 4 heterocycles. The van der Waals surface area contributed by atoms with Crippen LogP contribution in [0.1, 0.15) is 148 Å². The molecule has 2 aliphatic rings. The van der Waals surface area contributed by atoms with Gasteiger partial charge in [0.25, 0.3) is 18.0 Å². The van der Waals surface area contributed by atoms with Gasteiger partial charge in [0.2, 0.25) is 6.33 Å². The lowest BCUT2D eigenvalue weighted by molar-refractivity contribution is -0.725.